The molecule has 3 rings (SSSR count). The van der Waals surface area contributed by atoms with Gasteiger partial charge in [-0.2, -0.15) is 0 Å². The van der Waals surface area contributed by atoms with Crippen molar-refractivity contribution in [2.75, 3.05) is 5.73 Å². The van der Waals surface area contributed by atoms with Crippen LogP contribution in [0.1, 0.15) is 19.5 Å². The van der Waals surface area contributed by atoms with Crippen LogP contribution < -0.4 is 5.73 Å². The first-order valence-electron chi connectivity index (χ1n) is 7.25. The summed E-state index contributed by atoms with van der Waals surface area (Å²) in [5.74, 6) is 1.78. The van der Waals surface area contributed by atoms with E-state index in [9.17, 15) is 0 Å². The third-order valence-electron chi connectivity index (χ3n) is 3.45. The number of aromatic nitrogens is 2. The third kappa shape index (κ3) is 2.87. The predicted molar refractivity (Wildman–Crippen MR) is 87.9 cm³/mol. The monoisotopic (exact) mass is 277 g/mol. The van der Waals surface area contributed by atoms with E-state index in [0.29, 0.717) is 17.6 Å². The quantitative estimate of drug-likeness (QED) is 0.785. The molecular weight excluding hydrogens is 258 g/mol. The number of rotatable bonds is 3. The lowest BCUT2D eigenvalue weighted by atomic mass is 10.0. The Labute approximate surface area is 124 Å². The van der Waals surface area contributed by atoms with Gasteiger partial charge in [-0.1, -0.05) is 56.3 Å². The molecule has 0 spiro atoms. The van der Waals surface area contributed by atoms with Crippen LogP contribution in [0.25, 0.3) is 22.2 Å². The highest BCUT2D eigenvalue weighted by Gasteiger charge is 2.09. The molecule has 0 aliphatic rings. The van der Waals surface area contributed by atoms with E-state index in [-0.39, 0.29) is 0 Å². The molecule has 0 atom stereocenters. The van der Waals surface area contributed by atoms with Crippen LogP contribution in [0, 0.1) is 5.92 Å². The van der Waals surface area contributed by atoms with Crippen LogP contribution >= 0.6 is 0 Å². The molecule has 2 N–H and O–H groups in total. The molecule has 3 heteroatoms. The smallest absolute Gasteiger partial charge is 0.162 e. The number of fused-ring (bicyclic) bond motifs is 1. The van der Waals surface area contributed by atoms with Gasteiger partial charge in [0.05, 0.1) is 0 Å². The Balaban J connectivity index is 2.16. The summed E-state index contributed by atoms with van der Waals surface area (Å²) in [6.07, 6.45) is 0.907. The molecule has 1 aromatic heterocycles. The lowest BCUT2D eigenvalue weighted by molar-refractivity contribution is 0.635. The van der Waals surface area contributed by atoms with Crippen LogP contribution in [0.4, 0.5) is 5.82 Å². The highest BCUT2D eigenvalue weighted by atomic mass is 14.9. The van der Waals surface area contributed by atoms with E-state index in [2.05, 4.69) is 43.1 Å². The molecule has 21 heavy (non-hydrogen) atoms. The number of nitrogens with two attached hydrogens (primary N) is 1. The molecule has 106 valence electrons. The van der Waals surface area contributed by atoms with Gasteiger partial charge in [-0.25, -0.2) is 9.97 Å². The average molecular weight is 277 g/mol. The minimum Gasteiger partial charge on any atom is -0.384 e. The van der Waals surface area contributed by atoms with Gasteiger partial charge in [0.2, 0.25) is 0 Å². The summed E-state index contributed by atoms with van der Waals surface area (Å²) in [5, 5.41) is 2.34. The van der Waals surface area contributed by atoms with Crippen molar-refractivity contribution in [1.82, 2.24) is 9.97 Å². The standard InChI is InChI=1S/C18H19N3/c1-12(2)10-14-11-17(19)21-18(20-14)16-9-5-7-13-6-3-4-8-15(13)16/h3-9,11-12H,10H2,1-2H3,(H2,19,20,21). The highest BCUT2D eigenvalue weighted by Crippen LogP contribution is 2.27. The molecule has 0 aliphatic carbocycles. The van der Waals surface area contributed by atoms with E-state index in [1.807, 2.05) is 24.3 Å². The summed E-state index contributed by atoms with van der Waals surface area (Å²) >= 11 is 0. The van der Waals surface area contributed by atoms with Gasteiger partial charge in [-0.05, 0) is 23.1 Å². The van der Waals surface area contributed by atoms with Gasteiger partial charge >= 0.3 is 0 Å². The second-order valence-corrected chi connectivity index (χ2v) is 5.73. The van der Waals surface area contributed by atoms with E-state index >= 15 is 0 Å². The summed E-state index contributed by atoms with van der Waals surface area (Å²) < 4.78 is 0. The maximum absolute atomic E-state index is 5.97. The van der Waals surface area contributed by atoms with E-state index < -0.39 is 0 Å². The fraction of sp³-hybridized carbons (Fsp3) is 0.222. The summed E-state index contributed by atoms with van der Waals surface area (Å²) in [6, 6.07) is 16.3. The van der Waals surface area contributed by atoms with Gasteiger partial charge in [0, 0.05) is 17.3 Å². The zero-order valence-corrected chi connectivity index (χ0v) is 12.4. The Bertz CT molecular complexity index is 773. The molecule has 0 radical (unpaired) electrons. The van der Waals surface area contributed by atoms with Crippen molar-refractivity contribution in [2.24, 2.45) is 5.92 Å². The van der Waals surface area contributed by atoms with Crippen LogP contribution in [0.3, 0.4) is 0 Å². The number of hydrogen-bond donors (Lipinski definition) is 1. The normalized spacial score (nSPS) is 11.2. The summed E-state index contributed by atoms with van der Waals surface area (Å²) in [4.78, 5) is 9.13. The van der Waals surface area contributed by atoms with Gasteiger partial charge in [0.1, 0.15) is 5.82 Å². The van der Waals surface area contributed by atoms with Crippen LogP contribution in [0.15, 0.2) is 48.5 Å². The second-order valence-electron chi connectivity index (χ2n) is 5.73. The first-order valence-corrected chi connectivity index (χ1v) is 7.25. The lowest BCUT2D eigenvalue weighted by Crippen LogP contribution is -2.03. The van der Waals surface area contributed by atoms with Crippen molar-refractivity contribution in [3.05, 3.63) is 54.2 Å². The third-order valence-corrected chi connectivity index (χ3v) is 3.45. The first-order chi connectivity index (χ1) is 10.1. The van der Waals surface area contributed by atoms with E-state index in [4.69, 9.17) is 10.7 Å². The van der Waals surface area contributed by atoms with Crippen molar-refractivity contribution in [3.8, 4) is 11.4 Å². The lowest BCUT2D eigenvalue weighted by Gasteiger charge is -2.09. The molecule has 0 unspecified atom stereocenters. The van der Waals surface area contributed by atoms with Gasteiger partial charge in [0.15, 0.2) is 5.82 Å². The van der Waals surface area contributed by atoms with Crippen molar-refractivity contribution in [2.45, 2.75) is 20.3 Å². The molecule has 0 bridgehead atoms. The van der Waals surface area contributed by atoms with Gasteiger partial charge in [-0.15, -0.1) is 0 Å². The minimum absolute atomic E-state index is 0.531. The maximum atomic E-state index is 5.97. The predicted octanol–water partition coefficient (Wildman–Crippen LogP) is 4.08. The Morgan fingerprint density at radius 2 is 1.76 bits per heavy atom. The molecular formula is C18H19N3. The Morgan fingerprint density at radius 1 is 1.00 bits per heavy atom. The van der Waals surface area contributed by atoms with E-state index in [0.717, 1.165) is 23.1 Å². The summed E-state index contributed by atoms with van der Waals surface area (Å²) in [6.45, 7) is 4.35. The Morgan fingerprint density at radius 3 is 2.57 bits per heavy atom. The minimum atomic E-state index is 0.531. The molecule has 0 aliphatic heterocycles. The van der Waals surface area contributed by atoms with E-state index in [1.54, 1.807) is 0 Å². The molecule has 0 fully saturated rings. The SMILES string of the molecule is CC(C)Cc1cc(N)nc(-c2cccc3ccccc23)n1. The molecule has 0 saturated heterocycles. The number of nitrogen functional groups attached to an aromatic ring is 1. The van der Waals surface area contributed by atoms with Crippen molar-refractivity contribution < 1.29 is 0 Å². The van der Waals surface area contributed by atoms with Gasteiger partial charge < -0.3 is 5.73 Å². The number of nitrogens with zero attached hydrogens (tertiary/aromatic N) is 2. The average Bonchev–Trinajstić information content (AvgIpc) is 2.45. The maximum Gasteiger partial charge on any atom is 0.162 e. The van der Waals surface area contributed by atoms with Gasteiger partial charge in [-0.3, -0.25) is 0 Å². The molecule has 0 amide bonds. The van der Waals surface area contributed by atoms with Crippen molar-refractivity contribution >= 4 is 16.6 Å². The van der Waals surface area contributed by atoms with Crippen LogP contribution in [-0.4, -0.2) is 9.97 Å². The fourth-order valence-corrected chi connectivity index (χ4v) is 2.58. The van der Waals surface area contributed by atoms with E-state index in [1.165, 1.54) is 5.39 Å². The number of anilines is 1. The van der Waals surface area contributed by atoms with Gasteiger partial charge in [0.25, 0.3) is 0 Å². The van der Waals surface area contributed by atoms with Crippen LogP contribution in [0.5, 0.6) is 0 Å². The summed E-state index contributed by atoms with van der Waals surface area (Å²) in [5.41, 5.74) is 8.00. The van der Waals surface area contributed by atoms with Crippen LogP contribution in [0.2, 0.25) is 0 Å². The molecule has 0 saturated carbocycles. The summed E-state index contributed by atoms with van der Waals surface area (Å²) in [7, 11) is 0. The van der Waals surface area contributed by atoms with Crippen LogP contribution in [-0.2, 0) is 6.42 Å². The molecule has 1 heterocycles. The topological polar surface area (TPSA) is 51.8 Å². The zero-order chi connectivity index (χ0) is 14.8. The first kappa shape index (κ1) is 13.6. The largest absolute Gasteiger partial charge is 0.384 e. The molecule has 3 nitrogen and oxygen atoms in total. The highest BCUT2D eigenvalue weighted by molar-refractivity contribution is 5.95. The van der Waals surface area contributed by atoms with Crippen molar-refractivity contribution in [3.63, 3.8) is 0 Å². The zero-order valence-electron chi connectivity index (χ0n) is 12.4. The Hall–Kier alpha value is -2.42. The number of benzene rings is 2. The molecule has 3 aromatic rings. The Kier molecular flexibility index (Phi) is 3.57. The molecule has 2 aromatic carbocycles. The second kappa shape index (κ2) is 5.52. The fourth-order valence-electron chi connectivity index (χ4n) is 2.58. The van der Waals surface area contributed by atoms with Crippen molar-refractivity contribution in [1.29, 1.82) is 0 Å². The number of hydrogen-bond acceptors (Lipinski definition) is 3.